The lowest BCUT2D eigenvalue weighted by atomic mass is 9.98. The van der Waals surface area contributed by atoms with E-state index < -0.39 is 30.6 Å². The maximum absolute atomic E-state index is 12.0. The van der Waals surface area contributed by atoms with Crippen molar-refractivity contribution in [2.24, 2.45) is 5.92 Å². The van der Waals surface area contributed by atoms with E-state index in [2.05, 4.69) is 10.6 Å². The zero-order valence-corrected chi connectivity index (χ0v) is 13.2. The molecule has 0 saturated carbocycles. The topological polar surface area (TPSA) is 108 Å². The number of aliphatic carboxylic acids is 1. The summed E-state index contributed by atoms with van der Waals surface area (Å²) in [5.41, 5.74) is 0.823. The summed E-state index contributed by atoms with van der Waals surface area (Å²) in [7, 11) is 0. The van der Waals surface area contributed by atoms with Crippen molar-refractivity contribution >= 4 is 18.0 Å². The van der Waals surface area contributed by atoms with Gasteiger partial charge >= 0.3 is 6.09 Å². The number of rotatable bonds is 8. The predicted molar refractivity (Wildman–Crippen MR) is 81.0 cm³/mol. The second-order valence-corrected chi connectivity index (χ2v) is 5.16. The van der Waals surface area contributed by atoms with E-state index >= 15 is 0 Å². The smallest absolute Gasteiger partial charge is 0.408 e. The number of benzene rings is 1. The molecule has 23 heavy (non-hydrogen) atoms. The number of carboxylic acid groups (broad SMARTS) is 1. The van der Waals surface area contributed by atoms with Crippen LogP contribution < -0.4 is 15.7 Å². The van der Waals surface area contributed by atoms with Crippen LogP contribution >= 0.6 is 0 Å². The molecule has 7 heteroatoms. The largest absolute Gasteiger partial charge is 0.548 e. The van der Waals surface area contributed by atoms with Crippen molar-refractivity contribution in [2.45, 2.75) is 32.9 Å². The van der Waals surface area contributed by atoms with Gasteiger partial charge in [-0.1, -0.05) is 50.6 Å². The Hall–Kier alpha value is -2.57. The van der Waals surface area contributed by atoms with Crippen molar-refractivity contribution in [3.05, 3.63) is 35.9 Å². The van der Waals surface area contributed by atoms with Crippen LogP contribution in [0.3, 0.4) is 0 Å². The first-order valence-corrected chi connectivity index (χ1v) is 7.38. The summed E-state index contributed by atoms with van der Waals surface area (Å²) in [5, 5.41) is 15.1. The van der Waals surface area contributed by atoms with E-state index in [1.165, 1.54) is 0 Å². The molecule has 0 spiro atoms. The summed E-state index contributed by atoms with van der Waals surface area (Å²) < 4.78 is 5.07. The molecule has 126 valence electrons. The van der Waals surface area contributed by atoms with Crippen molar-refractivity contribution in [1.29, 1.82) is 0 Å². The zero-order chi connectivity index (χ0) is 17.2. The highest BCUT2D eigenvalue weighted by atomic mass is 16.5. The van der Waals surface area contributed by atoms with Gasteiger partial charge in [0.2, 0.25) is 5.91 Å². The van der Waals surface area contributed by atoms with Gasteiger partial charge in [-0.15, -0.1) is 0 Å². The summed E-state index contributed by atoms with van der Waals surface area (Å²) in [6.45, 7) is 3.12. The summed E-state index contributed by atoms with van der Waals surface area (Å²) in [5.74, 6) is -2.16. The summed E-state index contributed by atoms with van der Waals surface area (Å²) >= 11 is 0. The van der Waals surface area contributed by atoms with E-state index in [1.54, 1.807) is 6.92 Å². The van der Waals surface area contributed by atoms with Crippen LogP contribution in [0.5, 0.6) is 0 Å². The first kappa shape index (κ1) is 18.5. The third-order valence-electron chi connectivity index (χ3n) is 3.39. The molecule has 2 atom stereocenters. The lowest BCUT2D eigenvalue weighted by Gasteiger charge is -2.23. The third kappa shape index (κ3) is 6.82. The highest BCUT2D eigenvalue weighted by Gasteiger charge is 2.26. The molecule has 0 heterocycles. The number of carbonyl (C=O) groups is 3. The van der Waals surface area contributed by atoms with Gasteiger partial charge in [0.1, 0.15) is 12.6 Å². The molecule has 0 bridgehead atoms. The lowest BCUT2D eigenvalue weighted by Crippen LogP contribution is -2.52. The van der Waals surface area contributed by atoms with Crippen LogP contribution in [-0.2, 0) is 20.9 Å². The quantitative estimate of drug-likeness (QED) is 0.711. The molecule has 7 nitrogen and oxygen atoms in total. The van der Waals surface area contributed by atoms with Crippen molar-refractivity contribution in [3.63, 3.8) is 0 Å². The monoisotopic (exact) mass is 321 g/mol. The van der Waals surface area contributed by atoms with Crippen LogP contribution in [0.25, 0.3) is 0 Å². The molecule has 1 rings (SSSR count). The van der Waals surface area contributed by atoms with Gasteiger partial charge in [-0.2, -0.15) is 0 Å². The molecule has 2 amide bonds. The SMILES string of the molecule is CC[C@@H](C)[C@@H](NC(=O)OCc1ccccc1)C(=O)NCC(=O)[O-]. The van der Waals surface area contributed by atoms with Crippen LogP contribution in [0.2, 0.25) is 0 Å². The Morgan fingerprint density at radius 3 is 2.43 bits per heavy atom. The maximum atomic E-state index is 12.0. The zero-order valence-electron chi connectivity index (χ0n) is 13.2. The fraction of sp³-hybridized carbons (Fsp3) is 0.438. The molecular formula is C16H21N2O5-. The van der Waals surface area contributed by atoms with Gasteiger partial charge in [0, 0.05) is 0 Å². The Bertz CT molecular complexity index is 533. The summed E-state index contributed by atoms with van der Waals surface area (Å²) in [6.07, 6.45) is -0.106. The van der Waals surface area contributed by atoms with Gasteiger partial charge < -0.3 is 25.3 Å². The highest BCUT2D eigenvalue weighted by Crippen LogP contribution is 2.09. The molecule has 0 radical (unpaired) electrons. The number of hydrogen-bond acceptors (Lipinski definition) is 5. The van der Waals surface area contributed by atoms with Crippen LogP contribution in [0, 0.1) is 5.92 Å². The van der Waals surface area contributed by atoms with Crippen molar-refractivity contribution < 1.29 is 24.2 Å². The Kier molecular flexibility index (Phi) is 7.59. The van der Waals surface area contributed by atoms with Crippen molar-refractivity contribution in [1.82, 2.24) is 10.6 Å². The van der Waals surface area contributed by atoms with E-state index in [0.717, 1.165) is 5.56 Å². The highest BCUT2D eigenvalue weighted by molar-refractivity contribution is 5.87. The van der Waals surface area contributed by atoms with Crippen LogP contribution in [0.4, 0.5) is 4.79 Å². The van der Waals surface area contributed by atoms with Gasteiger partial charge in [-0.3, -0.25) is 4.79 Å². The van der Waals surface area contributed by atoms with Gasteiger partial charge in [-0.25, -0.2) is 4.79 Å². The maximum Gasteiger partial charge on any atom is 0.408 e. The fourth-order valence-corrected chi connectivity index (χ4v) is 1.86. The van der Waals surface area contributed by atoms with E-state index in [9.17, 15) is 19.5 Å². The number of ether oxygens (including phenoxy) is 1. The van der Waals surface area contributed by atoms with E-state index in [0.29, 0.717) is 6.42 Å². The van der Waals surface area contributed by atoms with E-state index in [-0.39, 0.29) is 12.5 Å². The molecule has 1 aromatic carbocycles. The Morgan fingerprint density at radius 2 is 1.87 bits per heavy atom. The third-order valence-corrected chi connectivity index (χ3v) is 3.39. The Balaban J connectivity index is 2.56. The molecule has 0 aliphatic heterocycles. The number of carbonyl (C=O) groups excluding carboxylic acids is 3. The normalized spacial score (nSPS) is 12.8. The molecule has 1 aromatic rings. The molecule has 0 aromatic heterocycles. The van der Waals surface area contributed by atoms with Gasteiger partial charge in [0.15, 0.2) is 0 Å². The number of carboxylic acids is 1. The average molecular weight is 321 g/mol. The second kappa shape index (κ2) is 9.45. The summed E-state index contributed by atoms with van der Waals surface area (Å²) in [6, 6.07) is 8.25. The minimum atomic E-state index is -1.40. The first-order valence-electron chi connectivity index (χ1n) is 7.38. The number of alkyl carbamates (subject to hydrolysis) is 1. The van der Waals surface area contributed by atoms with E-state index in [1.807, 2.05) is 37.3 Å². The molecule has 0 aliphatic carbocycles. The molecule has 0 unspecified atom stereocenters. The van der Waals surface area contributed by atoms with Crippen LogP contribution in [-0.4, -0.2) is 30.6 Å². The minimum Gasteiger partial charge on any atom is -0.548 e. The van der Waals surface area contributed by atoms with Gasteiger partial charge in [-0.05, 0) is 11.5 Å². The summed E-state index contributed by atoms with van der Waals surface area (Å²) in [4.78, 5) is 34.2. The van der Waals surface area contributed by atoms with Gasteiger partial charge in [0.05, 0.1) is 12.5 Å². The van der Waals surface area contributed by atoms with Gasteiger partial charge in [0.25, 0.3) is 0 Å². The first-order chi connectivity index (χ1) is 10.9. The standard InChI is InChI=1S/C16H22N2O5/c1-3-11(2)14(15(21)17-9-13(19)20)18-16(22)23-10-12-7-5-4-6-8-12/h4-8,11,14H,3,9-10H2,1-2H3,(H,17,21)(H,18,22)(H,19,20)/p-1/t11-,14-/m1/s1. The number of nitrogens with one attached hydrogen (secondary N) is 2. The van der Waals surface area contributed by atoms with Crippen LogP contribution in [0.15, 0.2) is 30.3 Å². The van der Waals surface area contributed by atoms with Crippen LogP contribution in [0.1, 0.15) is 25.8 Å². The molecular weight excluding hydrogens is 300 g/mol. The lowest BCUT2D eigenvalue weighted by molar-refractivity contribution is -0.304. The Labute approximate surface area is 135 Å². The predicted octanol–water partition coefficient (Wildman–Crippen LogP) is 0.194. The fourth-order valence-electron chi connectivity index (χ4n) is 1.86. The number of hydrogen-bond donors (Lipinski definition) is 2. The molecule has 0 saturated heterocycles. The minimum absolute atomic E-state index is 0.0839. The van der Waals surface area contributed by atoms with Crippen molar-refractivity contribution in [2.75, 3.05) is 6.54 Å². The average Bonchev–Trinajstić information content (AvgIpc) is 2.55. The number of amides is 2. The Morgan fingerprint density at radius 1 is 1.22 bits per heavy atom. The molecule has 2 N–H and O–H groups in total. The molecule has 0 aliphatic rings. The molecule has 0 fully saturated rings. The van der Waals surface area contributed by atoms with E-state index in [4.69, 9.17) is 4.74 Å². The van der Waals surface area contributed by atoms with Crippen molar-refractivity contribution in [3.8, 4) is 0 Å². The second-order valence-electron chi connectivity index (χ2n) is 5.16.